The Morgan fingerprint density at radius 3 is 1.61 bits per heavy atom. The Balaban J connectivity index is 0.00000132. The van der Waals surface area contributed by atoms with Crippen LogP contribution in [0.2, 0.25) is 0 Å². The fourth-order valence-electron chi connectivity index (χ4n) is 10.4. The van der Waals surface area contributed by atoms with E-state index in [1.165, 1.54) is 11.8 Å². The third kappa shape index (κ3) is 35.3. The Hall–Kier alpha value is -6.77. The second-order valence-electron chi connectivity index (χ2n) is 24.1. The second kappa shape index (κ2) is 50.6. The summed E-state index contributed by atoms with van der Waals surface area (Å²) in [6.07, 6.45) is 2.80. The number of hydrogen-bond donors (Lipinski definition) is 6. The molecule has 2 unspecified atom stereocenters. The highest BCUT2D eigenvalue weighted by Gasteiger charge is 2.56. The van der Waals surface area contributed by atoms with E-state index in [1.54, 1.807) is 59.7 Å². The van der Waals surface area contributed by atoms with E-state index in [1.807, 2.05) is 0 Å². The van der Waals surface area contributed by atoms with Crippen molar-refractivity contribution < 1.29 is 115 Å². The number of likely N-dealkylation sites (tertiary alicyclic amines) is 1. The fourth-order valence-corrected chi connectivity index (χ4v) is 14.4. The normalized spacial score (nSPS) is 15.7. The molecule has 3 aliphatic rings. The van der Waals surface area contributed by atoms with Gasteiger partial charge in [-0.25, -0.2) is 0 Å². The first-order valence-electron chi connectivity index (χ1n) is 34.1. The summed E-state index contributed by atoms with van der Waals surface area (Å²) in [5, 5.41) is 9.77. The van der Waals surface area contributed by atoms with Crippen LogP contribution in [0.4, 0.5) is 5.69 Å². The van der Waals surface area contributed by atoms with Crippen molar-refractivity contribution in [2.75, 3.05) is 156 Å². The number of guanidine groups is 1. The number of thioether (sulfide) groups is 1. The average Bonchev–Trinajstić information content (AvgIpc) is 1.67. The number of imide groups is 1. The number of nitrogens with one attached hydrogen (secondary N) is 4. The molecule has 1 aromatic rings. The fraction of sp³-hybridized carbons (Fsp3) is 0.676. The molecule has 8 N–H and O–H groups in total. The highest BCUT2D eigenvalue weighted by atomic mass is 33.2. The van der Waals surface area contributed by atoms with Gasteiger partial charge in [0.25, 0.3) is 0 Å². The minimum Gasteiger partial charge on any atom is -0.379 e. The number of rotatable bonds is 58. The number of carbonyl (C=O) groups is 15. The summed E-state index contributed by atoms with van der Waals surface area (Å²) < 4.78 is 48.4. The molecule has 4 atom stereocenters. The van der Waals surface area contributed by atoms with E-state index in [2.05, 4.69) is 26.3 Å². The molecule has 6 amide bonds. The molecule has 0 aromatic heterocycles. The van der Waals surface area contributed by atoms with Crippen LogP contribution < -0.4 is 32.7 Å². The molecule has 3 fully saturated rings. The molecule has 2 aliphatic heterocycles. The van der Waals surface area contributed by atoms with Gasteiger partial charge in [-0.2, -0.15) is 0 Å². The summed E-state index contributed by atoms with van der Waals surface area (Å²) >= 11 is 1.01. The summed E-state index contributed by atoms with van der Waals surface area (Å²) in [4.78, 5) is 190. The minimum atomic E-state index is -2.31. The lowest BCUT2D eigenvalue weighted by Gasteiger charge is -2.28. The molecule has 32 nitrogen and oxygen atoms in total. The van der Waals surface area contributed by atoms with Crippen molar-refractivity contribution in [1.82, 2.24) is 20.9 Å². The maximum Gasteiger partial charge on any atom is 0.250 e. The van der Waals surface area contributed by atoms with Gasteiger partial charge in [-0.15, -0.1) is 11.8 Å². The number of hydrogen-bond acceptors (Lipinski definition) is 28. The lowest BCUT2D eigenvalue weighted by Crippen LogP contribution is -2.50. The van der Waals surface area contributed by atoms with Gasteiger partial charge in [0, 0.05) is 82.6 Å². The Kier molecular flexibility index (Phi) is 44.5. The first-order valence-corrected chi connectivity index (χ1v) is 37.3. The van der Waals surface area contributed by atoms with Gasteiger partial charge >= 0.3 is 0 Å². The SMILES string of the molecule is CC(=O)CCOCCOCCOCCOCCNC(=O)CCC1C(=O)CC(SC[C@H](NC(=O)COCC(=O)Nc2ccc(CCC(=O)N3CCC3=O)cc2)C(=O)NCCOCCOCCOCCOCCC(=O)C(C(C)=O)(C(C)=O)C(C)=O)C1=O.CC(=O)C[C@H](CCCN=C(N)N)C1(C(C)=O)SS1. The molecule has 1 saturated carbocycles. The van der Waals surface area contributed by atoms with Gasteiger partial charge in [-0.3, -0.25) is 77.0 Å². The van der Waals surface area contributed by atoms with Crippen LogP contribution >= 0.6 is 33.3 Å². The predicted molar refractivity (Wildman–Crippen MR) is 380 cm³/mol. The minimum absolute atomic E-state index is 0.00816. The molecule has 103 heavy (non-hydrogen) atoms. The zero-order valence-corrected chi connectivity index (χ0v) is 62.2. The Bertz CT molecular complexity index is 2990. The summed E-state index contributed by atoms with van der Waals surface area (Å²) in [5.41, 5.74) is 9.44. The third-order valence-corrected chi connectivity index (χ3v) is 20.6. The van der Waals surface area contributed by atoms with E-state index in [4.69, 9.17) is 54.1 Å². The van der Waals surface area contributed by atoms with Crippen molar-refractivity contribution in [3.63, 3.8) is 0 Å². The summed E-state index contributed by atoms with van der Waals surface area (Å²) in [6, 6.07) is 5.52. The van der Waals surface area contributed by atoms with E-state index in [0.29, 0.717) is 84.1 Å². The Morgan fingerprint density at radius 2 is 1.14 bits per heavy atom. The first kappa shape index (κ1) is 90.4. The molecule has 4 rings (SSSR count). The molecule has 0 radical (unpaired) electrons. The molecule has 2 heterocycles. The van der Waals surface area contributed by atoms with Crippen LogP contribution in [-0.4, -0.2) is 265 Å². The maximum absolute atomic E-state index is 13.5. The monoisotopic (exact) mass is 1510 g/mol. The molecule has 0 spiro atoms. The van der Waals surface area contributed by atoms with Crippen molar-refractivity contribution in [3.8, 4) is 0 Å². The smallest absolute Gasteiger partial charge is 0.250 e. The molecule has 1 aliphatic carbocycles. The number of aliphatic imine (C=N–C) groups is 1. The van der Waals surface area contributed by atoms with Crippen LogP contribution in [0, 0.1) is 17.3 Å². The number of ether oxygens (including phenoxy) is 9. The van der Waals surface area contributed by atoms with Gasteiger partial charge < -0.3 is 80.2 Å². The van der Waals surface area contributed by atoms with E-state index in [9.17, 15) is 71.9 Å². The highest BCUT2D eigenvalue weighted by Crippen LogP contribution is 2.70. The Morgan fingerprint density at radius 1 is 0.621 bits per heavy atom. The van der Waals surface area contributed by atoms with Gasteiger partial charge in [-0.05, 0) is 90.8 Å². The number of anilines is 1. The number of ketones is 9. The quantitative estimate of drug-likeness (QED) is 0.0102. The van der Waals surface area contributed by atoms with Crippen molar-refractivity contribution in [1.29, 1.82) is 0 Å². The van der Waals surface area contributed by atoms with E-state index in [0.717, 1.165) is 50.9 Å². The van der Waals surface area contributed by atoms with Gasteiger partial charge in [0.2, 0.25) is 40.9 Å². The summed E-state index contributed by atoms with van der Waals surface area (Å²) in [6.45, 7) is 11.4. The van der Waals surface area contributed by atoms with Gasteiger partial charge in [0.05, 0.1) is 117 Å². The molecular weight excluding hydrogens is 1410 g/mol. The lowest BCUT2D eigenvalue weighted by atomic mass is 9.72. The van der Waals surface area contributed by atoms with Crippen LogP contribution in [0.1, 0.15) is 111 Å². The van der Waals surface area contributed by atoms with Crippen molar-refractivity contribution in [2.24, 2.45) is 33.7 Å². The number of aryl methyl sites for hydroxylation is 1. The summed E-state index contributed by atoms with van der Waals surface area (Å²) in [7, 11) is 3.14. The van der Waals surface area contributed by atoms with Crippen molar-refractivity contribution in [2.45, 2.75) is 128 Å². The topological polar surface area (TPSA) is 455 Å². The number of Topliss-reactive ketones (excluding diaryl/α,β-unsaturated/α-hetero) is 9. The number of nitrogens with two attached hydrogens (primary N) is 2. The molecule has 35 heteroatoms. The average molecular weight is 1510 g/mol. The number of β-lactam (4-membered cyclic amide) rings is 1. The van der Waals surface area contributed by atoms with E-state index in [-0.39, 0.29) is 170 Å². The van der Waals surface area contributed by atoms with Crippen LogP contribution in [-0.2, 0) is 121 Å². The Labute approximate surface area is 612 Å². The standard InChI is InChI=1S/C57H83N5O22S.C11H19N3O2S2/c1-39(63)14-19-76-23-27-80-31-33-82-29-25-78-21-16-58-50(69)11-10-45-47(67)35-48(55(45)74)85-38-46(61-52(71)37-84-36-51(70)60-44-8-5-43(6-9-44)7-12-53(72)62-18-13-54(62)73)56(75)59-17-22-79-26-30-83-34-32-81-28-24-77-20-15-49(68)57(40(2)64,41(3)65)42(4)66;1-7(15)6-9(4-3-5-14-10(12)13)11(8(2)16)17-18-11/h5-6,8-9,45-46,48H,7,10-38H2,1-4H3,(H,58,69)(H,59,75)(H,60,70)(H,61,71);9H,3-6H2,1-2H3,(H4,12,13,14)/t45?,46-,48?;9-/m00/s1. The van der Waals surface area contributed by atoms with Crippen LogP contribution in [0.5, 0.6) is 0 Å². The van der Waals surface area contributed by atoms with Gasteiger partial charge in [0.1, 0.15) is 40.7 Å². The third-order valence-electron chi connectivity index (χ3n) is 15.9. The molecule has 576 valence electrons. The predicted octanol–water partition coefficient (Wildman–Crippen LogP) is 1.23. The number of benzene rings is 1. The lowest BCUT2D eigenvalue weighted by molar-refractivity contribution is -0.155. The zero-order valence-electron chi connectivity index (χ0n) is 59.7. The van der Waals surface area contributed by atoms with E-state index < -0.39 is 86.6 Å². The largest absolute Gasteiger partial charge is 0.379 e. The van der Waals surface area contributed by atoms with Crippen LogP contribution in [0.25, 0.3) is 0 Å². The first-order chi connectivity index (χ1) is 49.1. The zero-order chi connectivity index (χ0) is 76.2. The highest BCUT2D eigenvalue weighted by molar-refractivity contribution is 8.94. The van der Waals surface area contributed by atoms with E-state index >= 15 is 0 Å². The maximum atomic E-state index is 13.5. The van der Waals surface area contributed by atoms with Crippen molar-refractivity contribution >= 4 is 132 Å². The second-order valence-corrected chi connectivity index (χ2v) is 28.2. The molecule has 1 aromatic carbocycles. The summed E-state index contributed by atoms with van der Waals surface area (Å²) in [5.74, 6) is -7.43. The number of amides is 6. The number of nitrogens with zero attached hydrogens (tertiary/aromatic N) is 2. The van der Waals surface area contributed by atoms with Gasteiger partial charge in [-0.1, -0.05) is 33.7 Å². The molecule has 0 bridgehead atoms. The molecule has 2 saturated heterocycles. The van der Waals surface area contributed by atoms with Crippen LogP contribution in [0.3, 0.4) is 0 Å². The number of carbonyl (C=O) groups excluding carboxylic acids is 15. The van der Waals surface area contributed by atoms with Crippen molar-refractivity contribution in [3.05, 3.63) is 29.8 Å². The molecular formula is C68H102N8O24S3. The van der Waals surface area contributed by atoms with Crippen LogP contribution in [0.15, 0.2) is 29.3 Å². The van der Waals surface area contributed by atoms with Gasteiger partial charge in [0.15, 0.2) is 40.7 Å².